The molecule has 0 saturated heterocycles. The van der Waals surface area contributed by atoms with Gasteiger partial charge in [-0.05, 0) is 25.0 Å². The normalized spacial score (nSPS) is 10.5. The predicted octanol–water partition coefficient (Wildman–Crippen LogP) is 1.64. The number of carboxylic acids is 1. The standard InChI is InChI=1S/C14H20N2O3/c1-9(2)7-16(8-13(15)17)12-5-4-10(3)6-11(12)14(18)19/h4-6,9H,7-8H2,1-3H3,(H2,15,17)(H,18,19). The Morgan fingerprint density at radius 1 is 1.37 bits per heavy atom. The van der Waals surface area contributed by atoms with Crippen LogP contribution in [-0.2, 0) is 4.79 Å². The van der Waals surface area contributed by atoms with Crippen LogP contribution in [0.15, 0.2) is 18.2 Å². The Labute approximate surface area is 113 Å². The second-order valence-corrected chi connectivity index (χ2v) is 5.07. The van der Waals surface area contributed by atoms with Gasteiger partial charge in [0.15, 0.2) is 0 Å². The van der Waals surface area contributed by atoms with Gasteiger partial charge in [0, 0.05) is 6.54 Å². The summed E-state index contributed by atoms with van der Waals surface area (Å²) in [5.41, 5.74) is 6.83. The molecule has 0 unspecified atom stereocenters. The number of aromatic carboxylic acids is 1. The monoisotopic (exact) mass is 264 g/mol. The summed E-state index contributed by atoms with van der Waals surface area (Å²) in [6.07, 6.45) is 0. The van der Waals surface area contributed by atoms with Crippen LogP contribution < -0.4 is 10.6 Å². The lowest BCUT2D eigenvalue weighted by Gasteiger charge is -2.26. The molecule has 0 heterocycles. The van der Waals surface area contributed by atoms with Crippen LogP contribution in [0.25, 0.3) is 0 Å². The van der Waals surface area contributed by atoms with E-state index in [0.717, 1.165) is 5.56 Å². The highest BCUT2D eigenvalue weighted by molar-refractivity contribution is 5.95. The van der Waals surface area contributed by atoms with Crippen molar-refractivity contribution in [3.05, 3.63) is 29.3 Å². The maximum absolute atomic E-state index is 11.3. The minimum Gasteiger partial charge on any atom is -0.478 e. The van der Waals surface area contributed by atoms with E-state index in [2.05, 4.69) is 0 Å². The average Bonchev–Trinajstić information content (AvgIpc) is 2.26. The molecule has 0 aliphatic rings. The van der Waals surface area contributed by atoms with Crippen LogP contribution in [0, 0.1) is 12.8 Å². The number of anilines is 1. The first-order valence-electron chi connectivity index (χ1n) is 6.18. The molecular weight excluding hydrogens is 244 g/mol. The summed E-state index contributed by atoms with van der Waals surface area (Å²) in [6.45, 7) is 6.43. The van der Waals surface area contributed by atoms with Crippen molar-refractivity contribution in [3.8, 4) is 0 Å². The summed E-state index contributed by atoms with van der Waals surface area (Å²) in [4.78, 5) is 24.2. The van der Waals surface area contributed by atoms with Crippen molar-refractivity contribution >= 4 is 17.6 Å². The molecule has 1 rings (SSSR count). The third-order valence-electron chi connectivity index (χ3n) is 2.66. The Morgan fingerprint density at radius 2 is 2.00 bits per heavy atom. The third-order valence-corrected chi connectivity index (χ3v) is 2.66. The number of primary amides is 1. The van der Waals surface area contributed by atoms with E-state index in [-0.39, 0.29) is 12.1 Å². The highest BCUT2D eigenvalue weighted by Gasteiger charge is 2.18. The predicted molar refractivity (Wildman–Crippen MR) is 74.4 cm³/mol. The largest absolute Gasteiger partial charge is 0.478 e. The molecule has 1 amide bonds. The zero-order valence-corrected chi connectivity index (χ0v) is 11.5. The molecular formula is C14H20N2O3. The average molecular weight is 264 g/mol. The van der Waals surface area contributed by atoms with Crippen molar-refractivity contribution in [2.24, 2.45) is 11.7 Å². The van der Waals surface area contributed by atoms with Crippen molar-refractivity contribution in [2.75, 3.05) is 18.0 Å². The van der Waals surface area contributed by atoms with Gasteiger partial charge in [-0.25, -0.2) is 4.79 Å². The smallest absolute Gasteiger partial charge is 0.337 e. The highest BCUT2D eigenvalue weighted by Crippen LogP contribution is 2.23. The molecule has 0 atom stereocenters. The Morgan fingerprint density at radius 3 is 2.47 bits per heavy atom. The van der Waals surface area contributed by atoms with Gasteiger partial charge in [-0.1, -0.05) is 25.5 Å². The van der Waals surface area contributed by atoms with E-state index in [1.54, 1.807) is 17.0 Å². The molecule has 0 bridgehead atoms. The molecule has 1 aromatic rings. The third kappa shape index (κ3) is 4.28. The molecule has 0 spiro atoms. The summed E-state index contributed by atoms with van der Waals surface area (Å²) in [5, 5.41) is 9.26. The van der Waals surface area contributed by atoms with Gasteiger partial charge >= 0.3 is 5.97 Å². The molecule has 0 aliphatic heterocycles. The molecule has 0 saturated carbocycles. The number of carbonyl (C=O) groups excluding carboxylic acids is 1. The van der Waals surface area contributed by atoms with Gasteiger partial charge in [0.1, 0.15) is 0 Å². The lowest BCUT2D eigenvalue weighted by molar-refractivity contribution is -0.116. The molecule has 0 aliphatic carbocycles. The van der Waals surface area contributed by atoms with Gasteiger partial charge in [0.25, 0.3) is 0 Å². The van der Waals surface area contributed by atoms with Gasteiger partial charge in [-0.15, -0.1) is 0 Å². The van der Waals surface area contributed by atoms with Crippen molar-refractivity contribution in [3.63, 3.8) is 0 Å². The summed E-state index contributed by atoms with van der Waals surface area (Å²) >= 11 is 0. The van der Waals surface area contributed by atoms with Gasteiger partial charge in [-0.3, -0.25) is 4.79 Å². The minimum absolute atomic E-state index is 0.0154. The Kier molecular flexibility index (Phi) is 4.92. The summed E-state index contributed by atoms with van der Waals surface area (Å²) in [5.74, 6) is -1.18. The molecule has 1 aromatic carbocycles. The topological polar surface area (TPSA) is 83.6 Å². The number of aryl methyl sites for hydroxylation is 1. The number of nitrogens with two attached hydrogens (primary N) is 1. The van der Waals surface area contributed by atoms with Crippen LogP contribution in [0.4, 0.5) is 5.69 Å². The lowest BCUT2D eigenvalue weighted by atomic mass is 10.1. The molecule has 0 fully saturated rings. The maximum atomic E-state index is 11.3. The number of benzene rings is 1. The zero-order valence-electron chi connectivity index (χ0n) is 11.5. The van der Waals surface area contributed by atoms with E-state index >= 15 is 0 Å². The number of amides is 1. The Bertz CT molecular complexity index is 484. The Hall–Kier alpha value is -2.04. The highest BCUT2D eigenvalue weighted by atomic mass is 16.4. The number of rotatable bonds is 6. The number of nitrogens with zero attached hydrogens (tertiary/aromatic N) is 1. The molecule has 104 valence electrons. The van der Waals surface area contributed by atoms with Crippen LogP contribution in [0.1, 0.15) is 29.8 Å². The summed E-state index contributed by atoms with van der Waals surface area (Å²) < 4.78 is 0. The van der Waals surface area contributed by atoms with Gasteiger partial charge < -0.3 is 15.7 Å². The maximum Gasteiger partial charge on any atom is 0.337 e. The van der Waals surface area contributed by atoms with Crippen molar-refractivity contribution in [2.45, 2.75) is 20.8 Å². The van der Waals surface area contributed by atoms with Crippen molar-refractivity contribution in [1.82, 2.24) is 0 Å². The fourth-order valence-electron chi connectivity index (χ4n) is 1.97. The van der Waals surface area contributed by atoms with E-state index in [4.69, 9.17) is 5.73 Å². The van der Waals surface area contributed by atoms with Crippen LogP contribution in [0.3, 0.4) is 0 Å². The number of hydrogen-bond acceptors (Lipinski definition) is 3. The van der Waals surface area contributed by atoms with Crippen molar-refractivity contribution < 1.29 is 14.7 Å². The van der Waals surface area contributed by atoms with Crippen LogP contribution in [0.2, 0.25) is 0 Å². The van der Waals surface area contributed by atoms with Gasteiger partial charge in [0.2, 0.25) is 5.91 Å². The van der Waals surface area contributed by atoms with E-state index in [1.165, 1.54) is 0 Å². The van der Waals surface area contributed by atoms with Crippen molar-refractivity contribution in [1.29, 1.82) is 0 Å². The Balaban J connectivity index is 3.20. The molecule has 0 radical (unpaired) electrons. The van der Waals surface area contributed by atoms with Gasteiger partial charge in [0.05, 0.1) is 17.8 Å². The van der Waals surface area contributed by atoms with Crippen LogP contribution in [-0.4, -0.2) is 30.1 Å². The second kappa shape index (κ2) is 6.22. The van der Waals surface area contributed by atoms with Crippen LogP contribution in [0.5, 0.6) is 0 Å². The first-order chi connectivity index (χ1) is 8.81. The van der Waals surface area contributed by atoms with Gasteiger partial charge in [-0.2, -0.15) is 0 Å². The number of carbonyl (C=O) groups is 2. The fourth-order valence-corrected chi connectivity index (χ4v) is 1.97. The SMILES string of the molecule is Cc1ccc(N(CC(N)=O)CC(C)C)c(C(=O)O)c1. The lowest BCUT2D eigenvalue weighted by Crippen LogP contribution is -2.37. The first kappa shape index (κ1) is 15.0. The molecule has 5 nitrogen and oxygen atoms in total. The fraction of sp³-hybridized carbons (Fsp3) is 0.429. The summed E-state index contributed by atoms with van der Waals surface area (Å²) in [7, 11) is 0. The number of hydrogen-bond donors (Lipinski definition) is 2. The van der Waals surface area contributed by atoms with E-state index in [1.807, 2.05) is 26.8 Å². The molecule has 0 aromatic heterocycles. The van der Waals surface area contributed by atoms with E-state index in [0.29, 0.717) is 18.2 Å². The second-order valence-electron chi connectivity index (χ2n) is 5.07. The minimum atomic E-state index is -1.00. The number of carboxylic acid groups (broad SMARTS) is 1. The first-order valence-corrected chi connectivity index (χ1v) is 6.18. The zero-order chi connectivity index (χ0) is 14.6. The summed E-state index contributed by atoms with van der Waals surface area (Å²) in [6, 6.07) is 5.16. The van der Waals surface area contributed by atoms with E-state index in [9.17, 15) is 14.7 Å². The molecule has 3 N–H and O–H groups in total. The molecule has 19 heavy (non-hydrogen) atoms. The van der Waals surface area contributed by atoms with Crippen LogP contribution >= 0.6 is 0 Å². The molecule has 5 heteroatoms. The van der Waals surface area contributed by atoms with E-state index < -0.39 is 11.9 Å². The quantitative estimate of drug-likeness (QED) is 0.818.